The molecule has 5 heteroatoms. The fourth-order valence-corrected chi connectivity index (χ4v) is 1.88. The normalized spacial score (nSPS) is 15.6. The Morgan fingerprint density at radius 1 is 1.50 bits per heavy atom. The van der Waals surface area contributed by atoms with Gasteiger partial charge in [-0.05, 0) is 37.1 Å². The van der Waals surface area contributed by atoms with Crippen LogP contribution in [0.5, 0.6) is 0 Å². The summed E-state index contributed by atoms with van der Waals surface area (Å²) in [6.07, 6.45) is 1.10. The van der Waals surface area contributed by atoms with Crippen molar-refractivity contribution in [3.05, 3.63) is 29.3 Å². The molecule has 0 saturated carbocycles. The molecule has 1 aromatic rings. The summed E-state index contributed by atoms with van der Waals surface area (Å²) in [4.78, 5) is 23.1. The highest BCUT2D eigenvalue weighted by atomic mass is 16.3. The summed E-state index contributed by atoms with van der Waals surface area (Å²) in [5.41, 5.74) is 2.29. The lowest BCUT2D eigenvalue weighted by molar-refractivity contribution is -0.116. The predicted molar refractivity (Wildman–Crippen MR) is 67.4 cm³/mol. The molecule has 1 atom stereocenters. The summed E-state index contributed by atoms with van der Waals surface area (Å²) in [7, 11) is 0. The first-order valence-corrected chi connectivity index (χ1v) is 5.94. The number of aliphatic hydroxyl groups is 1. The van der Waals surface area contributed by atoms with Crippen molar-refractivity contribution < 1.29 is 14.7 Å². The van der Waals surface area contributed by atoms with Crippen LogP contribution in [0.1, 0.15) is 29.3 Å². The first-order valence-electron chi connectivity index (χ1n) is 5.94. The third kappa shape index (κ3) is 2.68. The van der Waals surface area contributed by atoms with Crippen molar-refractivity contribution in [2.24, 2.45) is 0 Å². The smallest absolute Gasteiger partial charge is 0.251 e. The van der Waals surface area contributed by atoms with Crippen LogP contribution in [0.25, 0.3) is 0 Å². The molecule has 0 aliphatic carbocycles. The van der Waals surface area contributed by atoms with Gasteiger partial charge in [-0.3, -0.25) is 9.59 Å². The molecule has 2 rings (SSSR count). The minimum Gasteiger partial charge on any atom is -0.394 e. The van der Waals surface area contributed by atoms with Crippen molar-refractivity contribution in [1.82, 2.24) is 5.32 Å². The summed E-state index contributed by atoms with van der Waals surface area (Å²) in [5.74, 6) is -0.204. The van der Waals surface area contributed by atoms with Gasteiger partial charge in [-0.2, -0.15) is 0 Å². The number of hydrogen-bond acceptors (Lipinski definition) is 3. The van der Waals surface area contributed by atoms with Crippen LogP contribution in [0.3, 0.4) is 0 Å². The lowest BCUT2D eigenvalue weighted by atomic mass is 10.00. The van der Waals surface area contributed by atoms with E-state index in [0.29, 0.717) is 18.4 Å². The summed E-state index contributed by atoms with van der Waals surface area (Å²) < 4.78 is 0. The molecule has 0 spiro atoms. The SMILES string of the molecule is C[C@@H](CO)NC(=O)c1ccc2c(c1)CCC(=O)N2. The van der Waals surface area contributed by atoms with Crippen molar-refractivity contribution >= 4 is 17.5 Å². The fraction of sp³-hybridized carbons (Fsp3) is 0.385. The number of amides is 2. The lowest BCUT2D eigenvalue weighted by Gasteiger charge is -2.18. The van der Waals surface area contributed by atoms with Crippen LogP contribution in [0.15, 0.2) is 18.2 Å². The van der Waals surface area contributed by atoms with Crippen molar-refractivity contribution in [2.45, 2.75) is 25.8 Å². The van der Waals surface area contributed by atoms with Crippen LogP contribution in [-0.2, 0) is 11.2 Å². The molecular formula is C13H16N2O3. The van der Waals surface area contributed by atoms with E-state index >= 15 is 0 Å². The number of nitrogens with one attached hydrogen (secondary N) is 2. The first kappa shape index (κ1) is 12.6. The summed E-state index contributed by atoms with van der Waals surface area (Å²) >= 11 is 0. The number of carbonyl (C=O) groups is 2. The summed E-state index contributed by atoms with van der Waals surface area (Å²) in [6.45, 7) is 1.64. The molecule has 0 radical (unpaired) electrons. The third-order valence-corrected chi connectivity index (χ3v) is 2.91. The quantitative estimate of drug-likeness (QED) is 0.736. The molecule has 18 heavy (non-hydrogen) atoms. The van der Waals surface area contributed by atoms with Gasteiger partial charge in [0.15, 0.2) is 0 Å². The maximum Gasteiger partial charge on any atom is 0.251 e. The molecule has 1 heterocycles. The van der Waals surface area contributed by atoms with Crippen LogP contribution in [0.4, 0.5) is 5.69 Å². The second-order valence-electron chi connectivity index (χ2n) is 4.48. The first-order chi connectivity index (χ1) is 8.60. The number of aliphatic hydroxyl groups excluding tert-OH is 1. The highest BCUT2D eigenvalue weighted by Gasteiger charge is 2.17. The third-order valence-electron chi connectivity index (χ3n) is 2.91. The van der Waals surface area contributed by atoms with E-state index in [1.165, 1.54) is 0 Å². The minimum absolute atomic E-state index is 0.00797. The maximum atomic E-state index is 11.9. The standard InChI is InChI=1S/C13H16N2O3/c1-8(7-16)14-13(18)10-2-4-11-9(6-10)3-5-12(17)15-11/h2,4,6,8,16H,3,5,7H2,1H3,(H,14,18)(H,15,17)/t8-/m0/s1. The molecular weight excluding hydrogens is 232 g/mol. The van der Waals surface area contributed by atoms with Gasteiger partial charge in [0.25, 0.3) is 5.91 Å². The van der Waals surface area contributed by atoms with Crippen molar-refractivity contribution in [2.75, 3.05) is 11.9 Å². The number of hydrogen-bond donors (Lipinski definition) is 3. The maximum absolute atomic E-state index is 11.9. The Morgan fingerprint density at radius 3 is 3.00 bits per heavy atom. The van der Waals surface area contributed by atoms with E-state index in [2.05, 4.69) is 10.6 Å². The highest BCUT2D eigenvalue weighted by molar-refractivity contribution is 5.98. The Bertz CT molecular complexity index is 485. The largest absolute Gasteiger partial charge is 0.394 e. The van der Waals surface area contributed by atoms with Gasteiger partial charge in [0.2, 0.25) is 5.91 Å². The predicted octanol–water partition coefficient (Wildman–Crippen LogP) is 0.682. The Kier molecular flexibility index (Phi) is 3.62. The van der Waals surface area contributed by atoms with Gasteiger partial charge in [-0.15, -0.1) is 0 Å². The van der Waals surface area contributed by atoms with Gasteiger partial charge in [-0.25, -0.2) is 0 Å². The van der Waals surface area contributed by atoms with E-state index < -0.39 is 0 Å². The molecule has 0 fully saturated rings. The molecule has 1 aromatic carbocycles. The minimum atomic E-state index is -0.270. The Morgan fingerprint density at radius 2 is 2.28 bits per heavy atom. The average Bonchev–Trinajstić information content (AvgIpc) is 2.37. The molecule has 0 saturated heterocycles. The molecule has 0 unspecified atom stereocenters. The molecule has 5 nitrogen and oxygen atoms in total. The van der Waals surface area contributed by atoms with Gasteiger partial charge < -0.3 is 15.7 Å². The summed E-state index contributed by atoms with van der Waals surface area (Å²) in [5, 5.41) is 14.3. The van der Waals surface area contributed by atoms with Gasteiger partial charge in [-0.1, -0.05) is 0 Å². The zero-order valence-corrected chi connectivity index (χ0v) is 10.2. The van der Waals surface area contributed by atoms with Gasteiger partial charge in [0, 0.05) is 23.7 Å². The van der Waals surface area contributed by atoms with Crippen molar-refractivity contribution in [1.29, 1.82) is 0 Å². The van der Waals surface area contributed by atoms with Crippen LogP contribution in [0.2, 0.25) is 0 Å². The number of aryl methyl sites for hydroxylation is 1. The second-order valence-corrected chi connectivity index (χ2v) is 4.48. The zero-order valence-electron chi connectivity index (χ0n) is 10.2. The van der Waals surface area contributed by atoms with Gasteiger partial charge >= 0.3 is 0 Å². The molecule has 3 N–H and O–H groups in total. The molecule has 2 amide bonds. The monoisotopic (exact) mass is 248 g/mol. The van der Waals surface area contributed by atoms with E-state index in [9.17, 15) is 9.59 Å². The van der Waals surface area contributed by atoms with Gasteiger partial charge in [0.1, 0.15) is 0 Å². The van der Waals surface area contributed by atoms with Crippen LogP contribution in [-0.4, -0.2) is 29.6 Å². The lowest BCUT2D eigenvalue weighted by Crippen LogP contribution is -2.35. The zero-order chi connectivity index (χ0) is 13.1. The second kappa shape index (κ2) is 5.18. The Labute approximate surface area is 105 Å². The number of carbonyl (C=O) groups excluding carboxylic acids is 2. The number of rotatable bonds is 3. The molecule has 0 bridgehead atoms. The van der Waals surface area contributed by atoms with Crippen molar-refractivity contribution in [3.8, 4) is 0 Å². The summed E-state index contributed by atoms with van der Waals surface area (Å²) in [6, 6.07) is 4.93. The topological polar surface area (TPSA) is 78.4 Å². The highest BCUT2D eigenvalue weighted by Crippen LogP contribution is 2.23. The fourth-order valence-electron chi connectivity index (χ4n) is 1.88. The number of fused-ring (bicyclic) bond motifs is 1. The Balaban J connectivity index is 2.16. The van der Waals surface area contributed by atoms with Crippen molar-refractivity contribution in [3.63, 3.8) is 0 Å². The van der Waals surface area contributed by atoms with E-state index in [4.69, 9.17) is 5.11 Å². The average molecular weight is 248 g/mol. The van der Waals surface area contributed by atoms with E-state index in [1.54, 1.807) is 25.1 Å². The molecule has 1 aliphatic heterocycles. The van der Waals surface area contributed by atoms with Gasteiger partial charge in [0.05, 0.1) is 6.61 Å². The van der Waals surface area contributed by atoms with Crippen LogP contribution < -0.4 is 10.6 Å². The van der Waals surface area contributed by atoms with Crippen LogP contribution in [0, 0.1) is 0 Å². The van der Waals surface area contributed by atoms with E-state index in [1.807, 2.05) is 0 Å². The van der Waals surface area contributed by atoms with E-state index in [0.717, 1.165) is 11.3 Å². The molecule has 1 aliphatic rings. The van der Waals surface area contributed by atoms with Crippen LogP contribution >= 0.6 is 0 Å². The Hall–Kier alpha value is -1.88. The molecule has 96 valence electrons. The molecule has 0 aromatic heterocycles. The number of benzene rings is 1. The van der Waals surface area contributed by atoms with E-state index in [-0.39, 0.29) is 24.5 Å². The number of anilines is 1.